The van der Waals surface area contributed by atoms with Gasteiger partial charge in [-0.3, -0.25) is 4.79 Å². The lowest BCUT2D eigenvalue weighted by Crippen LogP contribution is -2.34. The van der Waals surface area contributed by atoms with E-state index < -0.39 is 5.97 Å². The largest absolute Gasteiger partial charge is 0.478 e. The van der Waals surface area contributed by atoms with Gasteiger partial charge < -0.3 is 19.5 Å². The van der Waals surface area contributed by atoms with Crippen LogP contribution >= 0.6 is 11.8 Å². The van der Waals surface area contributed by atoms with Crippen LogP contribution in [-0.4, -0.2) is 29.5 Å². The summed E-state index contributed by atoms with van der Waals surface area (Å²) in [6.45, 7) is 0.605. The molecule has 0 radical (unpaired) electrons. The maximum atomic E-state index is 12.3. The molecule has 1 amide bonds. The minimum atomic E-state index is -0.974. The van der Waals surface area contributed by atoms with Gasteiger partial charge in [0.05, 0.1) is 23.5 Å². The molecule has 2 aromatic carbocycles. The van der Waals surface area contributed by atoms with Crippen molar-refractivity contribution in [2.24, 2.45) is 0 Å². The van der Waals surface area contributed by atoms with Crippen molar-refractivity contribution in [3.05, 3.63) is 47.5 Å². The average molecular weight is 343 g/mol. The van der Waals surface area contributed by atoms with E-state index in [1.807, 2.05) is 18.2 Å². The van der Waals surface area contributed by atoms with Gasteiger partial charge in [0.1, 0.15) is 0 Å². The third-order valence-electron chi connectivity index (χ3n) is 3.93. The van der Waals surface area contributed by atoms with Crippen molar-refractivity contribution in [1.82, 2.24) is 0 Å². The number of ether oxygens (including phenoxy) is 2. The van der Waals surface area contributed by atoms with Gasteiger partial charge in [-0.1, -0.05) is 6.07 Å². The molecule has 4 rings (SSSR count). The first-order chi connectivity index (χ1) is 11.6. The number of benzene rings is 2. The van der Waals surface area contributed by atoms with E-state index in [-0.39, 0.29) is 18.3 Å². The molecule has 0 spiro atoms. The molecule has 24 heavy (non-hydrogen) atoms. The van der Waals surface area contributed by atoms with Gasteiger partial charge in [0, 0.05) is 4.90 Å². The molecule has 2 aliphatic rings. The summed E-state index contributed by atoms with van der Waals surface area (Å²) in [5.74, 6) is 0.685. The van der Waals surface area contributed by atoms with Crippen LogP contribution in [0.4, 0.5) is 5.69 Å². The Morgan fingerprint density at radius 3 is 2.83 bits per heavy atom. The summed E-state index contributed by atoms with van der Waals surface area (Å²) in [7, 11) is 0. The predicted molar refractivity (Wildman–Crippen MR) is 87.9 cm³/mol. The van der Waals surface area contributed by atoms with E-state index in [1.165, 1.54) is 17.8 Å². The van der Waals surface area contributed by atoms with Gasteiger partial charge in [-0.15, -0.1) is 11.8 Å². The Morgan fingerprint density at radius 2 is 2.00 bits per heavy atom. The molecule has 2 aromatic rings. The van der Waals surface area contributed by atoms with Gasteiger partial charge in [-0.25, -0.2) is 4.79 Å². The zero-order chi connectivity index (χ0) is 16.7. The van der Waals surface area contributed by atoms with Crippen LogP contribution in [0.15, 0.2) is 41.3 Å². The second-order valence-electron chi connectivity index (χ2n) is 5.44. The van der Waals surface area contributed by atoms with Crippen LogP contribution in [0.2, 0.25) is 0 Å². The van der Waals surface area contributed by atoms with Crippen LogP contribution in [0.25, 0.3) is 0 Å². The number of hydrogen-bond donors (Lipinski definition) is 1. The number of carboxylic acid groups (broad SMARTS) is 1. The first-order valence-electron chi connectivity index (χ1n) is 7.31. The highest BCUT2D eigenvalue weighted by molar-refractivity contribution is 8.00. The fourth-order valence-electron chi connectivity index (χ4n) is 2.73. The molecule has 0 saturated heterocycles. The molecular weight excluding hydrogens is 330 g/mol. The second-order valence-corrected chi connectivity index (χ2v) is 6.46. The molecule has 0 fully saturated rings. The zero-order valence-corrected chi connectivity index (χ0v) is 13.3. The van der Waals surface area contributed by atoms with Crippen molar-refractivity contribution in [3.8, 4) is 11.5 Å². The van der Waals surface area contributed by atoms with E-state index in [4.69, 9.17) is 14.6 Å². The minimum absolute atomic E-state index is 0.00626. The van der Waals surface area contributed by atoms with Crippen molar-refractivity contribution in [2.45, 2.75) is 11.4 Å². The number of amides is 1. The molecule has 0 unspecified atom stereocenters. The second kappa shape index (κ2) is 5.76. The predicted octanol–water partition coefficient (Wildman–Crippen LogP) is 2.75. The highest BCUT2D eigenvalue weighted by Crippen LogP contribution is 2.38. The van der Waals surface area contributed by atoms with Crippen molar-refractivity contribution >= 4 is 29.3 Å². The maximum absolute atomic E-state index is 12.3. The van der Waals surface area contributed by atoms with Crippen LogP contribution in [0, 0.1) is 0 Å². The molecule has 2 aliphatic heterocycles. The number of carboxylic acids is 1. The number of hydrogen-bond acceptors (Lipinski definition) is 5. The minimum Gasteiger partial charge on any atom is -0.478 e. The van der Waals surface area contributed by atoms with Crippen molar-refractivity contribution in [1.29, 1.82) is 0 Å². The standard InChI is InChI=1S/C17H13NO5S/c19-16-8-24-15-6-11(17(20)21)2-3-12(15)18(16)7-10-1-4-13-14(5-10)23-9-22-13/h1-6H,7-9H2,(H,20,21). The molecule has 122 valence electrons. The first kappa shape index (κ1) is 14.9. The van der Waals surface area contributed by atoms with Crippen molar-refractivity contribution in [3.63, 3.8) is 0 Å². The number of nitrogens with zero attached hydrogens (tertiary/aromatic N) is 1. The fourth-order valence-corrected chi connectivity index (χ4v) is 3.70. The lowest BCUT2D eigenvalue weighted by atomic mass is 10.1. The topological polar surface area (TPSA) is 76.1 Å². The summed E-state index contributed by atoms with van der Waals surface area (Å²) in [5.41, 5.74) is 1.88. The number of fused-ring (bicyclic) bond motifs is 2. The van der Waals surface area contributed by atoms with E-state index in [9.17, 15) is 9.59 Å². The fraction of sp³-hybridized carbons (Fsp3) is 0.176. The normalized spacial score (nSPS) is 15.3. The maximum Gasteiger partial charge on any atom is 0.335 e. The lowest BCUT2D eigenvalue weighted by Gasteiger charge is -2.29. The van der Waals surface area contributed by atoms with Gasteiger partial charge in [0.2, 0.25) is 12.7 Å². The van der Waals surface area contributed by atoms with Crippen LogP contribution in [0.3, 0.4) is 0 Å². The number of carbonyl (C=O) groups is 2. The monoisotopic (exact) mass is 343 g/mol. The van der Waals surface area contributed by atoms with Gasteiger partial charge >= 0.3 is 5.97 Å². The quantitative estimate of drug-likeness (QED) is 0.923. The Labute approximate surface area is 142 Å². The molecule has 0 saturated carbocycles. The SMILES string of the molecule is O=C(O)c1ccc2c(c1)SCC(=O)N2Cc1ccc2c(c1)OCO2. The number of anilines is 1. The van der Waals surface area contributed by atoms with Gasteiger partial charge in [0.15, 0.2) is 11.5 Å². The molecular formula is C17H13NO5S. The highest BCUT2D eigenvalue weighted by Gasteiger charge is 2.26. The van der Waals surface area contributed by atoms with Crippen LogP contribution in [0.5, 0.6) is 11.5 Å². The number of aromatic carboxylic acids is 1. The Morgan fingerprint density at radius 1 is 1.17 bits per heavy atom. The summed E-state index contributed by atoms with van der Waals surface area (Å²) in [6, 6.07) is 10.4. The highest BCUT2D eigenvalue weighted by atomic mass is 32.2. The number of carbonyl (C=O) groups excluding carboxylic acids is 1. The number of thioether (sulfide) groups is 1. The molecule has 1 N–H and O–H groups in total. The summed E-state index contributed by atoms with van der Waals surface area (Å²) < 4.78 is 10.7. The van der Waals surface area contributed by atoms with E-state index in [0.29, 0.717) is 23.8 Å². The molecule has 0 aromatic heterocycles. The van der Waals surface area contributed by atoms with Crippen LogP contribution in [-0.2, 0) is 11.3 Å². The van der Waals surface area contributed by atoms with Crippen molar-refractivity contribution < 1.29 is 24.2 Å². The Kier molecular flexibility index (Phi) is 3.57. The first-order valence-corrected chi connectivity index (χ1v) is 8.29. The molecule has 0 atom stereocenters. The van der Waals surface area contributed by atoms with E-state index in [1.54, 1.807) is 17.0 Å². The smallest absolute Gasteiger partial charge is 0.335 e. The van der Waals surface area contributed by atoms with E-state index in [0.717, 1.165) is 16.1 Å². The molecule has 0 aliphatic carbocycles. The summed E-state index contributed by atoms with van der Waals surface area (Å²) in [4.78, 5) is 25.9. The Hall–Kier alpha value is -2.67. The summed E-state index contributed by atoms with van der Waals surface area (Å²) in [5, 5.41) is 9.11. The van der Waals surface area contributed by atoms with Gasteiger partial charge in [-0.05, 0) is 35.9 Å². The summed E-state index contributed by atoms with van der Waals surface area (Å²) in [6.07, 6.45) is 0. The average Bonchev–Trinajstić information content (AvgIpc) is 3.04. The third kappa shape index (κ3) is 2.56. The van der Waals surface area contributed by atoms with Gasteiger partial charge in [0.25, 0.3) is 0 Å². The van der Waals surface area contributed by atoms with E-state index in [2.05, 4.69) is 0 Å². The summed E-state index contributed by atoms with van der Waals surface area (Å²) >= 11 is 1.36. The Bertz CT molecular complexity index is 851. The van der Waals surface area contributed by atoms with Crippen LogP contribution in [0.1, 0.15) is 15.9 Å². The van der Waals surface area contributed by atoms with Gasteiger partial charge in [-0.2, -0.15) is 0 Å². The van der Waals surface area contributed by atoms with Crippen molar-refractivity contribution in [2.75, 3.05) is 17.4 Å². The molecule has 6 nitrogen and oxygen atoms in total. The third-order valence-corrected chi connectivity index (χ3v) is 4.96. The lowest BCUT2D eigenvalue weighted by molar-refractivity contribution is -0.116. The molecule has 2 heterocycles. The van der Waals surface area contributed by atoms with Crippen LogP contribution < -0.4 is 14.4 Å². The van der Waals surface area contributed by atoms with E-state index >= 15 is 0 Å². The molecule has 7 heteroatoms. The number of rotatable bonds is 3. The molecule has 0 bridgehead atoms. The Balaban J connectivity index is 1.66. The zero-order valence-electron chi connectivity index (χ0n) is 12.5.